The Hall–Kier alpha value is -3.36. The lowest BCUT2D eigenvalue weighted by atomic mass is 10.1. The third-order valence-corrected chi connectivity index (χ3v) is 8.46. The normalized spacial score (nSPS) is 12.0. The molecule has 0 bridgehead atoms. The van der Waals surface area contributed by atoms with Crippen LogP contribution in [0.3, 0.4) is 0 Å². The van der Waals surface area contributed by atoms with Gasteiger partial charge in [0.2, 0.25) is 11.8 Å². The molecule has 7 nitrogen and oxygen atoms in total. The van der Waals surface area contributed by atoms with Crippen molar-refractivity contribution in [3.05, 3.63) is 94.5 Å². The van der Waals surface area contributed by atoms with Crippen molar-refractivity contribution in [2.24, 2.45) is 0 Å². The van der Waals surface area contributed by atoms with Gasteiger partial charge in [0.25, 0.3) is 10.0 Å². The number of nitrogens with one attached hydrogen (secondary N) is 1. The molecule has 0 saturated heterocycles. The van der Waals surface area contributed by atoms with Crippen molar-refractivity contribution >= 4 is 39.1 Å². The number of amides is 2. The summed E-state index contributed by atoms with van der Waals surface area (Å²) >= 11 is 6.01. The summed E-state index contributed by atoms with van der Waals surface area (Å²) in [6, 6.07) is 19.8. The molecule has 0 aliphatic carbocycles. The molecule has 0 aromatic heterocycles. The van der Waals surface area contributed by atoms with Crippen LogP contribution in [0.4, 0.5) is 5.69 Å². The van der Waals surface area contributed by atoms with E-state index in [4.69, 9.17) is 11.6 Å². The highest BCUT2D eigenvalue weighted by Crippen LogP contribution is 2.28. The van der Waals surface area contributed by atoms with Crippen LogP contribution >= 0.6 is 11.6 Å². The first-order chi connectivity index (χ1) is 18.6. The van der Waals surface area contributed by atoms with Crippen LogP contribution in [0, 0.1) is 13.8 Å². The van der Waals surface area contributed by atoms with Gasteiger partial charge in [-0.15, -0.1) is 0 Å². The highest BCUT2D eigenvalue weighted by atomic mass is 35.5. The average Bonchev–Trinajstić information content (AvgIpc) is 2.91. The van der Waals surface area contributed by atoms with Crippen molar-refractivity contribution in [3.8, 4) is 0 Å². The maximum atomic E-state index is 14.1. The zero-order valence-corrected chi connectivity index (χ0v) is 24.4. The molecule has 0 spiro atoms. The molecular formula is C30H36ClN3O4S. The molecule has 0 saturated carbocycles. The van der Waals surface area contributed by atoms with Crippen molar-refractivity contribution < 1.29 is 18.0 Å². The second-order valence-corrected chi connectivity index (χ2v) is 11.8. The number of hydrogen-bond donors (Lipinski definition) is 1. The molecule has 0 radical (unpaired) electrons. The Balaban J connectivity index is 2.06. The first kappa shape index (κ1) is 30.2. The minimum absolute atomic E-state index is 0.0147. The fourth-order valence-electron chi connectivity index (χ4n) is 4.38. The number of para-hydroxylation sites is 1. The summed E-state index contributed by atoms with van der Waals surface area (Å²) in [5.41, 5.74) is 2.96. The average molecular weight is 570 g/mol. The van der Waals surface area contributed by atoms with E-state index in [0.29, 0.717) is 29.2 Å². The number of hydrogen-bond acceptors (Lipinski definition) is 4. The quantitative estimate of drug-likeness (QED) is 0.313. The maximum absolute atomic E-state index is 14.1. The van der Waals surface area contributed by atoms with Crippen LogP contribution in [0.1, 0.15) is 43.4 Å². The zero-order valence-electron chi connectivity index (χ0n) is 22.9. The molecule has 208 valence electrons. The first-order valence-electron chi connectivity index (χ1n) is 13.0. The molecule has 39 heavy (non-hydrogen) atoms. The molecule has 3 rings (SSSR count). The molecule has 3 aromatic rings. The van der Waals surface area contributed by atoms with Crippen molar-refractivity contribution in [2.75, 3.05) is 17.4 Å². The van der Waals surface area contributed by atoms with Gasteiger partial charge in [-0.25, -0.2) is 8.42 Å². The molecule has 0 aliphatic rings. The van der Waals surface area contributed by atoms with Gasteiger partial charge in [-0.2, -0.15) is 0 Å². The molecule has 0 fully saturated rings. The van der Waals surface area contributed by atoms with Crippen LogP contribution in [-0.4, -0.2) is 44.3 Å². The number of anilines is 1. The van der Waals surface area contributed by atoms with Gasteiger partial charge in [0.1, 0.15) is 12.6 Å². The van der Waals surface area contributed by atoms with E-state index in [9.17, 15) is 18.0 Å². The number of aryl methyl sites for hydroxylation is 2. The summed E-state index contributed by atoms with van der Waals surface area (Å²) in [5.74, 6) is -0.737. The largest absolute Gasteiger partial charge is 0.354 e. The summed E-state index contributed by atoms with van der Waals surface area (Å²) in [7, 11) is -4.14. The SMILES string of the molecule is CCCNC(=O)[C@H](CC)N(Cc1cccc(C)c1)C(=O)CN(c1ccccc1C)S(=O)(=O)c1ccc(Cl)cc1. The predicted molar refractivity (Wildman–Crippen MR) is 156 cm³/mol. The molecule has 3 aromatic carbocycles. The van der Waals surface area contributed by atoms with E-state index in [2.05, 4.69) is 5.32 Å². The Labute approximate surface area is 236 Å². The Bertz CT molecular complexity index is 1390. The minimum atomic E-state index is -4.14. The van der Waals surface area contributed by atoms with E-state index >= 15 is 0 Å². The third-order valence-electron chi connectivity index (χ3n) is 6.44. The molecule has 2 amide bonds. The van der Waals surface area contributed by atoms with Gasteiger partial charge in [-0.05, 0) is 68.1 Å². The number of rotatable bonds is 12. The van der Waals surface area contributed by atoms with Gasteiger partial charge in [0.15, 0.2) is 0 Å². The summed E-state index contributed by atoms with van der Waals surface area (Å²) in [4.78, 5) is 28.7. The highest BCUT2D eigenvalue weighted by Gasteiger charge is 2.34. The molecular weight excluding hydrogens is 534 g/mol. The lowest BCUT2D eigenvalue weighted by molar-refractivity contribution is -0.140. The van der Waals surface area contributed by atoms with Gasteiger partial charge in [0.05, 0.1) is 10.6 Å². The predicted octanol–water partition coefficient (Wildman–Crippen LogP) is 5.49. The summed E-state index contributed by atoms with van der Waals surface area (Å²) < 4.78 is 28.9. The molecule has 0 heterocycles. The number of benzene rings is 3. The third kappa shape index (κ3) is 7.61. The van der Waals surface area contributed by atoms with Crippen LogP contribution in [-0.2, 0) is 26.2 Å². The maximum Gasteiger partial charge on any atom is 0.264 e. The second kappa shape index (κ2) is 13.6. The van der Waals surface area contributed by atoms with Crippen LogP contribution < -0.4 is 9.62 Å². The Kier molecular flexibility index (Phi) is 10.5. The van der Waals surface area contributed by atoms with E-state index in [1.54, 1.807) is 25.1 Å². The fourth-order valence-corrected chi connectivity index (χ4v) is 5.99. The van der Waals surface area contributed by atoms with Crippen molar-refractivity contribution in [1.29, 1.82) is 0 Å². The van der Waals surface area contributed by atoms with Crippen molar-refractivity contribution in [1.82, 2.24) is 10.2 Å². The summed E-state index contributed by atoms with van der Waals surface area (Å²) in [6.07, 6.45) is 1.13. The standard InChI is InChI=1S/C30H36ClN3O4S/c1-5-18-32-30(36)27(6-2)33(20-24-12-9-10-22(3)19-24)29(35)21-34(28-13-8-7-11-23(28)4)39(37,38)26-16-14-25(31)15-17-26/h7-17,19,27H,5-6,18,20-21H2,1-4H3,(H,32,36)/t27-/m0/s1. The molecule has 0 aliphatic heterocycles. The Morgan fingerprint density at radius 2 is 1.64 bits per heavy atom. The summed E-state index contributed by atoms with van der Waals surface area (Å²) in [6.45, 7) is 7.73. The minimum Gasteiger partial charge on any atom is -0.354 e. The number of sulfonamides is 1. The van der Waals surface area contributed by atoms with Gasteiger partial charge >= 0.3 is 0 Å². The lowest BCUT2D eigenvalue weighted by Gasteiger charge is -2.33. The number of carbonyl (C=O) groups excluding carboxylic acids is 2. The van der Waals surface area contributed by atoms with E-state index in [-0.39, 0.29) is 17.3 Å². The van der Waals surface area contributed by atoms with Crippen molar-refractivity contribution in [2.45, 2.75) is 58.0 Å². The van der Waals surface area contributed by atoms with E-state index in [1.165, 1.54) is 29.2 Å². The number of carbonyl (C=O) groups is 2. The molecule has 1 atom stereocenters. The Morgan fingerprint density at radius 1 is 0.949 bits per heavy atom. The zero-order chi connectivity index (χ0) is 28.6. The van der Waals surface area contributed by atoms with Gasteiger partial charge in [-0.3, -0.25) is 13.9 Å². The van der Waals surface area contributed by atoms with Crippen LogP contribution in [0.25, 0.3) is 0 Å². The summed E-state index contributed by atoms with van der Waals surface area (Å²) in [5, 5.41) is 3.30. The van der Waals surface area contributed by atoms with Crippen LogP contribution in [0.2, 0.25) is 5.02 Å². The van der Waals surface area contributed by atoms with Crippen LogP contribution in [0.15, 0.2) is 77.7 Å². The smallest absolute Gasteiger partial charge is 0.264 e. The van der Waals surface area contributed by atoms with Crippen molar-refractivity contribution in [3.63, 3.8) is 0 Å². The van der Waals surface area contributed by atoms with E-state index in [1.807, 2.05) is 51.1 Å². The van der Waals surface area contributed by atoms with E-state index < -0.39 is 28.5 Å². The van der Waals surface area contributed by atoms with Gasteiger partial charge in [-0.1, -0.05) is 73.5 Å². The first-order valence-corrected chi connectivity index (χ1v) is 14.9. The lowest BCUT2D eigenvalue weighted by Crippen LogP contribution is -2.52. The second-order valence-electron chi connectivity index (χ2n) is 9.48. The topological polar surface area (TPSA) is 86.8 Å². The van der Waals surface area contributed by atoms with E-state index in [0.717, 1.165) is 21.9 Å². The number of halogens is 1. The Morgan fingerprint density at radius 3 is 2.26 bits per heavy atom. The molecule has 1 N–H and O–H groups in total. The molecule has 0 unspecified atom stereocenters. The monoisotopic (exact) mass is 569 g/mol. The molecule has 9 heteroatoms. The highest BCUT2D eigenvalue weighted by molar-refractivity contribution is 7.92. The fraction of sp³-hybridized carbons (Fsp3) is 0.333. The van der Waals surface area contributed by atoms with Gasteiger partial charge < -0.3 is 10.2 Å². The number of nitrogens with zero attached hydrogens (tertiary/aromatic N) is 2. The van der Waals surface area contributed by atoms with Gasteiger partial charge in [0, 0.05) is 18.1 Å². The van der Waals surface area contributed by atoms with Crippen LogP contribution in [0.5, 0.6) is 0 Å².